The van der Waals surface area contributed by atoms with Gasteiger partial charge in [-0.2, -0.15) is 5.10 Å². The van der Waals surface area contributed by atoms with Crippen molar-refractivity contribution in [2.75, 3.05) is 44.3 Å². The summed E-state index contributed by atoms with van der Waals surface area (Å²) in [5, 5.41) is 11.7. The van der Waals surface area contributed by atoms with Crippen molar-refractivity contribution in [3.05, 3.63) is 17.8 Å². The van der Waals surface area contributed by atoms with Crippen LogP contribution in [0.3, 0.4) is 0 Å². The van der Waals surface area contributed by atoms with Gasteiger partial charge in [-0.25, -0.2) is 4.79 Å². The summed E-state index contributed by atoms with van der Waals surface area (Å²) in [4.78, 5) is 16.7. The highest BCUT2D eigenvalue weighted by Crippen LogP contribution is 2.34. The van der Waals surface area contributed by atoms with E-state index in [0.717, 1.165) is 63.4 Å². The van der Waals surface area contributed by atoms with E-state index in [-0.39, 0.29) is 11.4 Å². The van der Waals surface area contributed by atoms with E-state index in [0.29, 0.717) is 19.3 Å². The van der Waals surface area contributed by atoms with Gasteiger partial charge in [0.25, 0.3) is 0 Å². The Morgan fingerprint density at radius 2 is 2.16 bits per heavy atom. The zero-order chi connectivity index (χ0) is 17.3. The van der Waals surface area contributed by atoms with Gasteiger partial charge in [-0.15, -0.1) is 5.10 Å². The van der Waals surface area contributed by atoms with Gasteiger partial charge in [0, 0.05) is 37.6 Å². The van der Waals surface area contributed by atoms with Gasteiger partial charge < -0.3 is 19.9 Å². The van der Waals surface area contributed by atoms with Crippen molar-refractivity contribution < 1.29 is 9.53 Å². The van der Waals surface area contributed by atoms with Crippen molar-refractivity contribution >= 4 is 11.8 Å². The molecular weight excluding hydrogens is 318 g/mol. The first-order valence-corrected chi connectivity index (χ1v) is 9.32. The number of aromatic nitrogens is 2. The Morgan fingerprint density at radius 1 is 1.28 bits per heavy atom. The van der Waals surface area contributed by atoms with E-state index < -0.39 is 0 Å². The molecule has 1 spiro atoms. The average Bonchev–Trinajstić information content (AvgIpc) is 3.44. The number of anilines is 1. The van der Waals surface area contributed by atoms with Crippen LogP contribution in [0.1, 0.15) is 31.4 Å². The van der Waals surface area contributed by atoms with E-state index in [1.54, 1.807) is 0 Å². The lowest BCUT2D eigenvalue weighted by atomic mass is 9.80. The molecule has 3 heterocycles. The molecule has 1 N–H and O–H groups in total. The largest absolute Gasteiger partial charge is 0.379 e. The number of carbonyl (C=O) groups is 1. The summed E-state index contributed by atoms with van der Waals surface area (Å²) in [5.41, 5.74) is 0.896. The molecule has 7 heteroatoms. The first-order chi connectivity index (χ1) is 12.1. The predicted octanol–water partition coefficient (Wildman–Crippen LogP) is 1.58. The van der Waals surface area contributed by atoms with Gasteiger partial charge in [0.2, 0.25) is 0 Å². The molecule has 7 nitrogen and oxygen atoms in total. The standard InChI is InChI=1S/C18H27N5O2/c1-14-3-6-16(21-20-14)22-9-10-25-13-18(11-22)7-2-8-23(12-18)17(24)19-15-4-5-15/h3,6,15H,2,4-5,7-13H2,1H3,(H,19,24)/t18-/m1/s1. The Hall–Kier alpha value is -1.89. The summed E-state index contributed by atoms with van der Waals surface area (Å²) in [5.74, 6) is 0.898. The SMILES string of the molecule is Cc1ccc(N2CCOC[C@]3(CCCN(C(=O)NC4CC4)C3)C2)nn1. The molecule has 1 saturated carbocycles. The molecule has 0 radical (unpaired) electrons. The minimum absolute atomic E-state index is 0.0256. The molecule has 0 unspecified atom stereocenters. The zero-order valence-electron chi connectivity index (χ0n) is 14.9. The number of rotatable bonds is 2. The molecule has 1 aromatic rings. The number of nitrogens with one attached hydrogen (secondary N) is 1. The Bertz CT molecular complexity index is 618. The molecule has 25 heavy (non-hydrogen) atoms. The monoisotopic (exact) mass is 345 g/mol. The maximum atomic E-state index is 12.5. The fourth-order valence-electron chi connectivity index (χ4n) is 3.87. The van der Waals surface area contributed by atoms with Crippen molar-refractivity contribution in [3.8, 4) is 0 Å². The van der Waals surface area contributed by atoms with Crippen LogP contribution in [0.4, 0.5) is 10.6 Å². The number of piperidine rings is 1. The first-order valence-electron chi connectivity index (χ1n) is 9.32. The number of amides is 2. The molecule has 1 aliphatic carbocycles. The van der Waals surface area contributed by atoms with E-state index in [9.17, 15) is 4.79 Å². The average molecular weight is 345 g/mol. The second-order valence-corrected chi connectivity index (χ2v) is 7.76. The quantitative estimate of drug-likeness (QED) is 0.881. The first kappa shape index (κ1) is 16.6. The lowest BCUT2D eigenvalue weighted by molar-refractivity contribution is 0.0243. The summed E-state index contributed by atoms with van der Waals surface area (Å²) in [6, 6.07) is 4.52. The van der Waals surface area contributed by atoms with E-state index in [2.05, 4.69) is 20.4 Å². The normalized spacial score (nSPS) is 27.2. The smallest absolute Gasteiger partial charge is 0.317 e. The minimum atomic E-state index is -0.0256. The predicted molar refractivity (Wildman–Crippen MR) is 94.6 cm³/mol. The van der Waals surface area contributed by atoms with E-state index in [1.165, 1.54) is 0 Å². The van der Waals surface area contributed by atoms with E-state index >= 15 is 0 Å². The summed E-state index contributed by atoms with van der Waals surface area (Å²) in [6.07, 6.45) is 4.34. The minimum Gasteiger partial charge on any atom is -0.379 e. The number of urea groups is 1. The van der Waals surface area contributed by atoms with Gasteiger partial charge in [0.05, 0.1) is 18.9 Å². The summed E-state index contributed by atoms with van der Waals surface area (Å²) in [6.45, 7) is 6.60. The van der Waals surface area contributed by atoms with Crippen LogP contribution < -0.4 is 10.2 Å². The second kappa shape index (κ2) is 6.78. The molecule has 3 fully saturated rings. The highest BCUT2D eigenvalue weighted by molar-refractivity contribution is 5.75. The van der Waals surface area contributed by atoms with Crippen LogP contribution in [0.2, 0.25) is 0 Å². The molecule has 2 saturated heterocycles. The fourth-order valence-corrected chi connectivity index (χ4v) is 3.87. The molecule has 1 aromatic heterocycles. The van der Waals surface area contributed by atoms with Crippen LogP contribution in [0.5, 0.6) is 0 Å². The highest BCUT2D eigenvalue weighted by Gasteiger charge is 2.41. The van der Waals surface area contributed by atoms with Crippen molar-refractivity contribution in [1.82, 2.24) is 20.4 Å². The lowest BCUT2D eigenvalue weighted by Crippen LogP contribution is -2.54. The molecule has 2 amide bonds. The van der Waals surface area contributed by atoms with Gasteiger partial charge in [0.15, 0.2) is 5.82 Å². The van der Waals surface area contributed by atoms with Crippen molar-refractivity contribution in [3.63, 3.8) is 0 Å². The summed E-state index contributed by atoms with van der Waals surface area (Å²) in [7, 11) is 0. The van der Waals surface area contributed by atoms with Crippen LogP contribution in [0.15, 0.2) is 12.1 Å². The van der Waals surface area contributed by atoms with Crippen LogP contribution >= 0.6 is 0 Å². The second-order valence-electron chi connectivity index (χ2n) is 7.76. The van der Waals surface area contributed by atoms with Crippen molar-refractivity contribution in [2.24, 2.45) is 5.41 Å². The Balaban J connectivity index is 1.48. The molecule has 3 aliphatic rings. The third kappa shape index (κ3) is 3.86. The van der Waals surface area contributed by atoms with Gasteiger partial charge >= 0.3 is 6.03 Å². The molecule has 2 aliphatic heterocycles. The van der Waals surface area contributed by atoms with Gasteiger partial charge in [-0.05, 0) is 44.7 Å². The lowest BCUT2D eigenvalue weighted by Gasteiger charge is -2.43. The number of likely N-dealkylation sites (tertiary alicyclic amines) is 1. The zero-order valence-corrected chi connectivity index (χ0v) is 14.9. The molecule has 0 bridgehead atoms. The maximum absolute atomic E-state index is 12.5. The number of carbonyl (C=O) groups excluding carboxylic acids is 1. The number of aryl methyl sites for hydroxylation is 1. The topological polar surface area (TPSA) is 70.6 Å². The van der Waals surface area contributed by atoms with Gasteiger partial charge in [0.1, 0.15) is 0 Å². The molecule has 1 atom stereocenters. The third-order valence-electron chi connectivity index (χ3n) is 5.40. The van der Waals surface area contributed by atoms with Crippen LogP contribution in [0.25, 0.3) is 0 Å². The molecule has 136 valence electrons. The maximum Gasteiger partial charge on any atom is 0.317 e. The summed E-state index contributed by atoms with van der Waals surface area (Å²) >= 11 is 0. The molecule has 4 rings (SSSR count). The number of hydrogen-bond acceptors (Lipinski definition) is 5. The number of ether oxygens (including phenoxy) is 1. The molecule has 0 aromatic carbocycles. The third-order valence-corrected chi connectivity index (χ3v) is 5.40. The number of nitrogens with zero attached hydrogens (tertiary/aromatic N) is 4. The van der Waals surface area contributed by atoms with Gasteiger partial charge in [-0.1, -0.05) is 0 Å². The Labute approximate surface area is 148 Å². The highest BCUT2D eigenvalue weighted by atomic mass is 16.5. The van der Waals surface area contributed by atoms with Crippen LogP contribution in [-0.4, -0.2) is 66.6 Å². The Morgan fingerprint density at radius 3 is 2.92 bits per heavy atom. The number of hydrogen-bond donors (Lipinski definition) is 1. The van der Waals surface area contributed by atoms with Crippen molar-refractivity contribution in [2.45, 2.75) is 38.6 Å². The van der Waals surface area contributed by atoms with Crippen LogP contribution in [0, 0.1) is 12.3 Å². The molecular formula is C18H27N5O2. The Kier molecular flexibility index (Phi) is 4.50. The summed E-state index contributed by atoms with van der Waals surface area (Å²) < 4.78 is 5.94. The van der Waals surface area contributed by atoms with Crippen LogP contribution in [-0.2, 0) is 4.74 Å². The fraction of sp³-hybridized carbons (Fsp3) is 0.722. The van der Waals surface area contributed by atoms with Gasteiger partial charge in [-0.3, -0.25) is 0 Å². The van der Waals surface area contributed by atoms with E-state index in [1.807, 2.05) is 24.0 Å². The van der Waals surface area contributed by atoms with Crippen molar-refractivity contribution in [1.29, 1.82) is 0 Å². The van der Waals surface area contributed by atoms with E-state index in [4.69, 9.17) is 4.74 Å².